The number of amides is 1. The van der Waals surface area contributed by atoms with Crippen LogP contribution in [0.2, 0.25) is 0 Å². The first-order valence-corrected chi connectivity index (χ1v) is 9.45. The second kappa shape index (κ2) is 7.33. The van der Waals surface area contributed by atoms with E-state index < -0.39 is 17.5 Å². The van der Waals surface area contributed by atoms with Gasteiger partial charge in [0.05, 0.1) is 11.4 Å². The highest BCUT2D eigenvalue weighted by atomic mass is 19.1. The van der Waals surface area contributed by atoms with E-state index in [4.69, 9.17) is 0 Å². The van der Waals surface area contributed by atoms with Gasteiger partial charge < -0.3 is 5.32 Å². The zero-order valence-electron chi connectivity index (χ0n) is 16.8. The number of hydrogen-bond acceptors (Lipinski definition) is 3. The Bertz CT molecular complexity index is 1240. The van der Waals surface area contributed by atoms with Crippen molar-refractivity contribution in [1.82, 2.24) is 14.6 Å². The summed E-state index contributed by atoms with van der Waals surface area (Å²) in [4.78, 5) is 17.3. The molecule has 0 bridgehead atoms. The number of hydrogen-bond donors (Lipinski definition) is 1. The first-order chi connectivity index (χ1) is 14.2. The number of benzene rings is 2. The van der Waals surface area contributed by atoms with Crippen LogP contribution in [0.5, 0.6) is 0 Å². The smallest absolute Gasteiger partial charge is 0.274 e. The van der Waals surface area contributed by atoms with E-state index in [1.165, 1.54) is 36.4 Å². The van der Waals surface area contributed by atoms with Gasteiger partial charge in [-0.2, -0.15) is 5.10 Å². The maximum Gasteiger partial charge on any atom is 0.274 e. The van der Waals surface area contributed by atoms with Crippen LogP contribution in [0.4, 0.5) is 14.5 Å². The summed E-state index contributed by atoms with van der Waals surface area (Å²) < 4.78 is 29.2. The molecule has 0 aliphatic heterocycles. The molecular weight excluding hydrogens is 386 g/mol. The molecule has 0 aliphatic rings. The molecule has 0 spiro atoms. The lowest BCUT2D eigenvalue weighted by atomic mass is 9.93. The molecule has 0 saturated carbocycles. The largest absolute Gasteiger partial charge is 0.321 e. The number of carbonyl (C=O) groups is 1. The van der Waals surface area contributed by atoms with Gasteiger partial charge in [-0.1, -0.05) is 32.9 Å². The van der Waals surface area contributed by atoms with E-state index in [0.717, 1.165) is 5.69 Å². The normalized spacial score (nSPS) is 11.6. The molecule has 30 heavy (non-hydrogen) atoms. The third-order valence-corrected chi connectivity index (χ3v) is 4.68. The molecular formula is C23H20F2N4O. The number of carbonyl (C=O) groups excluding carboxylic acids is 1. The monoisotopic (exact) mass is 406 g/mol. The fourth-order valence-electron chi connectivity index (χ4n) is 3.05. The Morgan fingerprint density at radius 3 is 2.37 bits per heavy atom. The molecule has 152 valence electrons. The molecule has 0 unspecified atom stereocenters. The van der Waals surface area contributed by atoms with Gasteiger partial charge in [-0.15, -0.1) is 0 Å². The van der Waals surface area contributed by atoms with Crippen molar-refractivity contribution in [2.24, 2.45) is 0 Å². The number of halogens is 2. The Labute approximate surface area is 172 Å². The van der Waals surface area contributed by atoms with E-state index in [-0.39, 0.29) is 11.1 Å². The minimum Gasteiger partial charge on any atom is -0.321 e. The van der Waals surface area contributed by atoms with E-state index >= 15 is 0 Å². The Hall–Kier alpha value is -3.61. The van der Waals surface area contributed by atoms with Crippen molar-refractivity contribution in [2.75, 3.05) is 5.32 Å². The van der Waals surface area contributed by atoms with Crippen LogP contribution in [0.25, 0.3) is 16.9 Å². The van der Waals surface area contributed by atoms with Gasteiger partial charge in [0.2, 0.25) is 0 Å². The Balaban J connectivity index is 1.85. The standard InChI is InChI=1S/C23H20F2N4O/c1-23(2,3)20-13-21-27-18(22(30)26-15-10-8-14(24)9-11-15)12-19(29(21)28-20)16-6-4-5-7-17(16)25/h4-13H,1-3H3,(H,26,30). The van der Waals surface area contributed by atoms with Crippen LogP contribution in [0.1, 0.15) is 37.0 Å². The Kier molecular flexibility index (Phi) is 4.81. The van der Waals surface area contributed by atoms with Crippen LogP contribution in [0, 0.1) is 11.6 Å². The summed E-state index contributed by atoms with van der Waals surface area (Å²) in [6.07, 6.45) is 0. The summed E-state index contributed by atoms with van der Waals surface area (Å²) in [6, 6.07) is 15.0. The van der Waals surface area contributed by atoms with Crippen LogP contribution in [0.15, 0.2) is 60.7 Å². The SMILES string of the molecule is CC(C)(C)c1cc2nc(C(=O)Nc3ccc(F)cc3)cc(-c3ccccc3F)n2n1. The van der Waals surface area contributed by atoms with Crippen LogP contribution >= 0.6 is 0 Å². The van der Waals surface area contributed by atoms with Crippen LogP contribution in [-0.4, -0.2) is 20.5 Å². The fraction of sp³-hybridized carbons (Fsp3) is 0.174. The molecule has 5 nitrogen and oxygen atoms in total. The van der Waals surface area contributed by atoms with Crippen molar-refractivity contribution in [3.05, 3.63) is 83.7 Å². The van der Waals surface area contributed by atoms with Gasteiger partial charge in [-0.05, 0) is 42.5 Å². The van der Waals surface area contributed by atoms with Crippen molar-refractivity contribution in [3.63, 3.8) is 0 Å². The van der Waals surface area contributed by atoms with Crippen LogP contribution < -0.4 is 5.32 Å². The average Bonchev–Trinajstić information content (AvgIpc) is 3.14. The molecule has 7 heteroatoms. The van der Waals surface area contributed by atoms with Gasteiger partial charge in [0.15, 0.2) is 5.65 Å². The molecule has 0 aliphatic carbocycles. The molecule has 0 fully saturated rings. The minimum atomic E-state index is -0.486. The summed E-state index contributed by atoms with van der Waals surface area (Å²) >= 11 is 0. The molecule has 2 aromatic heterocycles. The second-order valence-corrected chi connectivity index (χ2v) is 8.02. The first kappa shape index (κ1) is 19.7. The van der Waals surface area contributed by atoms with Crippen LogP contribution in [-0.2, 0) is 5.41 Å². The Morgan fingerprint density at radius 1 is 1.00 bits per heavy atom. The van der Waals surface area contributed by atoms with Gasteiger partial charge >= 0.3 is 0 Å². The number of rotatable bonds is 3. The molecule has 0 atom stereocenters. The highest BCUT2D eigenvalue weighted by Crippen LogP contribution is 2.28. The summed E-state index contributed by atoms with van der Waals surface area (Å²) in [5.41, 5.74) is 2.21. The summed E-state index contributed by atoms with van der Waals surface area (Å²) in [5.74, 6) is -1.31. The number of nitrogens with zero attached hydrogens (tertiary/aromatic N) is 3. The zero-order valence-corrected chi connectivity index (χ0v) is 16.8. The summed E-state index contributed by atoms with van der Waals surface area (Å²) in [6.45, 7) is 6.04. The third kappa shape index (κ3) is 3.78. The highest BCUT2D eigenvalue weighted by molar-refractivity contribution is 6.03. The molecule has 4 rings (SSSR count). The molecule has 0 radical (unpaired) electrons. The molecule has 2 heterocycles. The fourth-order valence-corrected chi connectivity index (χ4v) is 3.05. The maximum absolute atomic E-state index is 14.6. The van der Waals surface area contributed by atoms with E-state index in [0.29, 0.717) is 22.6 Å². The third-order valence-electron chi connectivity index (χ3n) is 4.68. The molecule has 0 saturated heterocycles. The minimum absolute atomic E-state index is 0.102. The van der Waals surface area contributed by atoms with E-state index in [1.807, 2.05) is 20.8 Å². The highest BCUT2D eigenvalue weighted by Gasteiger charge is 2.22. The van der Waals surface area contributed by atoms with Gasteiger partial charge in [0.1, 0.15) is 17.3 Å². The number of nitrogens with one attached hydrogen (secondary N) is 1. The van der Waals surface area contributed by atoms with E-state index in [2.05, 4.69) is 15.4 Å². The molecule has 4 aromatic rings. The predicted molar refractivity (Wildman–Crippen MR) is 111 cm³/mol. The molecule has 1 amide bonds. The lowest BCUT2D eigenvalue weighted by Gasteiger charge is -2.13. The topological polar surface area (TPSA) is 59.3 Å². The predicted octanol–water partition coefficient (Wildman–Crippen LogP) is 5.22. The second-order valence-electron chi connectivity index (χ2n) is 8.02. The van der Waals surface area contributed by atoms with Crippen molar-refractivity contribution in [2.45, 2.75) is 26.2 Å². The van der Waals surface area contributed by atoms with Crippen molar-refractivity contribution >= 4 is 17.2 Å². The summed E-state index contributed by atoms with van der Waals surface area (Å²) in [7, 11) is 0. The quantitative estimate of drug-likeness (QED) is 0.507. The number of anilines is 1. The van der Waals surface area contributed by atoms with Crippen molar-refractivity contribution in [1.29, 1.82) is 0 Å². The molecule has 2 aromatic carbocycles. The maximum atomic E-state index is 14.6. The Morgan fingerprint density at radius 2 is 1.70 bits per heavy atom. The van der Waals surface area contributed by atoms with Gasteiger partial charge in [-0.3, -0.25) is 4.79 Å². The van der Waals surface area contributed by atoms with Crippen LogP contribution in [0.3, 0.4) is 0 Å². The lowest BCUT2D eigenvalue weighted by Crippen LogP contribution is -2.15. The number of fused-ring (bicyclic) bond motifs is 1. The first-order valence-electron chi connectivity index (χ1n) is 9.45. The van der Waals surface area contributed by atoms with Gasteiger partial charge in [-0.25, -0.2) is 18.3 Å². The van der Waals surface area contributed by atoms with Gasteiger partial charge in [0.25, 0.3) is 5.91 Å². The zero-order chi connectivity index (χ0) is 21.5. The molecule has 1 N–H and O–H groups in total. The number of aromatic nitrogens is 3. The van der Waals surface area contributed by atoms with Gasteiger partial charge in [0, 0.05) is 22.7 Å². The summed E-state index contributed by atoms with van der Waals surface area (Å²) in [5, 5.41) is 7.30. The average molecular weight is 406 g/mol. The van der Waals surface area contributed by atoms with E-state index in [9.17, 15) is 13.6 Å². The van der Waals surface area contributed by atoms with Crippen molar-refractivity contribution in [3.8, 4) is 11.3 Å². The van der Waals surface area contributed by atoms with E-state index in [1.54, 1.807) is 28.8 Å². The van der Waals surface area contributed by atoms with Crippen molar-refractivity contribution < 1.29 is 13.6 Å². The lowest BCUT2D eigenvalue weighted by molar-refractivity contribution is 0.102.